The Morgan fingerprint density at radius 3 is 2.41 bits per heavy atom. The molecular weight excluding hydrogens is 367 g/mol. The van der Waals surface area contributed by atoms with Crippen molar-refractivity contribution in [2.45, 2.75) is 18.4 Å². The van der Waals surface area contributed by atoms with E-state index in [9.17, 15) is 14.0 Å². The van der Waals surface area contributed by atoms with Crippen LogP contribution in [0.25, 0.3) is 0 Å². The number of benzene rings is 3. The lowest BCUT2D eigenvalue weighted by Crippen LogP contribution is -2.49. The molecule has 2 atom stereocenters. The molecular formula is C24H19FN2O2. The fraction of sp³-hybridized carbons (Fsp3) is 0.167. The van der Waals surface area contributed by atoms with Gasteiger partial charge in [0.1, 0.15) is 5.82 Å². The maximum absolute atomic E-state index is 13.4. The highest BCUT2D eigenvalue weighted by molar-refractivity contribution is 6.04. The van der Waals surface area contributed by atoms with Crippen molar-refractivity contribution in [3.63, 3.8) is 0 Å². The standard InChI is InChI=1S/C24H19FN2O2/c25-16-9-11-17(12-10-16)26-23(28)21-19-7-3-4-8-20(19)24(29)27-14-13-15-5-1-2-6-18(15)22(21)27/h1-12,21-22H,13-14H2,(H,26,28). The molecule has 3 aromatic carbocycles. The molecule has 0 radical (unpaired) electrons. The van der Waals surface area contributed by atoms with Crippen LogP contribution in [0.1, 0.15) is 39.0 Å². The average Bonchev–Trinajstić information content (AvgIpc) is 2.75. The molecule has 5 rings (SSSR count). The number of hydrogen-bond donors (Lipinski definition) is 1. The molecule has 0 aliphatic carbocycles. The van der Waals surface area contributed by atoms with Crippen molar-refractivity contribution in [1.82, 2.24) is 4.90 Å². The van der Waals surface area contributed by atoms with E-state index in [4.69, 9.17) is 0 Å². The van der Waals surface area contributed by atoms with Gasteiger partial charge in [-0.15, -0.1) is 0 Å². The van der Waals surface area contributed by atoms with Gasteiger partial charge in [0.05, 0.1) is 12.0 Å². The van der Waals surface area contributed by atoms with Gasteiger partial charge in [0.2, 0.25) is 5.91 Å². The first kappa shape index (κ1) is 17.6. The summed E-state index contributed by atoms with van der Waals surface area (Å²) in [4.78, 5) is 28.4. The topological polar surface area (TPSA) is 49.4 Å². The zero-order chi connectivity index (χ0) is 20.0. The maximum Gasteiger partial charge on any atom is 0.254 e. The molecule has 2 aliphatic rings. The van der Waals surface area contributed by atoms with Crippen molar-refractivity contribution >= 4 is 17.5 Å². The molecule has 29 heavy (non-hydrogen) atoms. The summed E-state index contributed by atoms with van der Waals surface area (Å²) >= 11 is 0. The molecule has 2 heterocycles. The number of hydrogen-bond acceptors (Lipinski definition) is 2. The molecule has 5 heteroatoms. The number of carbonyl (C=O) groups is 2. The van der Waals surface area contributed by atoms with E-state index in [1.807, 2.05) is 41.3 Å². The Morgan fingerprint density at radius 2 is 1.62 bits per heavy atom. The third-order valence-electron chi connectivity index (χ3n) is 5.83. The van der Waals surface area contributed by atoms with Crippen molar-refractivity contribution in [2.75, 3.05) is 11.9 Å². The minimum absolute atomic E-state index is 0.0362. The summed E-state index contributed by atoms with van der Waals surface area (Å²) in [7, 11) is 0. The van der Waals surface area contributed by atoms with Gasteiger partial charge in [0.25, 0.3) is 5.91 Å². The molecule has 3 aromatic rings. The second-order valence-electron chi connectivity index (χ2n) is 7.45. The van der Waals surface area contributed by atoms with E-state index in [2.05, 4.69) is 11.4 Å². The van der Waals surface area contributed by atoms with Gasteiger partial charge in [-0.25, -0.2) is 4.39 Å². The second kappa shape index (κ2) is 6.85. The van der Waals surface area contributed by atoms with Crippen LogP contribution in [0.2, 0.25) is 0 Å². The van der Waals surface area contributed by atoms with E-state index in [1.165, 1.54) is 17.7 Å². The molecule has 2 unspecified atom stereocenters. The predicted molar refractivity (Wildman–Crippen MR) is 108 cm³/mol. The molecule has 0 spiro atoms. The number of carbonyl (C=O) groups excluding carboxylic acids is 2. The van der Waals surface area contributed by atoms with Gasteiger partial charge in [-0.1, -0.05) is 42.5 Å². The molecule has 144 valence electrons. The molecule has 0 saturated heterocycles. The van der Waals surface area contributed by atoms with Gasteiger partial charge < -0.3 is 10.2 Å². The van der Waals surface area contributed by atoms with Crippen LogP contribution < -0.4 is 5.32 Å². The Kier molecular flexibility index (Phi) is 4.16. The molecule has 2 amide bonds. The summed E-state index contributed by atoms with van der Waals surface area (Å²) in [5.41, 5.74) is 4.01. The fourth-order valence-corrected chi connectivity index (χ4v) is 4.51. The van der Waals surface area contributed by atoms with Crippen LogP contribution >= 0.6 is 0 Å². The summed E-state index contributed by atoms with van der Waals surface area (Å²) < 4.78 is 13.2. The molecule has 0 aromatic heterocycles. The van der Waals surface area contributed by atoms with E-state index in [0.29, 0.717) is 17.8 Å². The van der Waals surface area contributed by atoms with Crippen LogP contribution in [0, 0.1) is 5.82 Å². The number of rotatable bonds is 2. The summed E-state index contributed by atoms with van der Waals surface area (Å²) in [6, 6.07) is 20.7. The first-order valence-electron chi connectivity index (χ1n) is 9.67. The molecule has 0 fully saturated rings. The third-order valence-corrected chi connectivity index (χ3v) is 5.83. The predicted octanol–water partition coefficient (Wildman–Crippen LogP) is 4.30. The minimum atomic E-state index is -0.546. The Morgan fingerprint density at radius 1 is 0.931 bits per heavy atom. The smallest absolute Gasteiger partial charge is 0.254 e. The lowest BCUT2D eigenvalue weighted by molar-refractivity contribution is -0.119. The summed E-state index contributed by atoms with van der Waals surface area (Å²) in [6.07, 6.45) is 0.771. The van der Waals surface area contributed by atoms with Crippen molar-refractivity contribution < 1.29 is 14.0 Å². The van der Waals surface area contributed by atoms with Crippen LogP contribution in [-0.2, 0) is 11.2 Å². The number of nitrogens with zero attached hydrogens (tertiary/aromatic N) is 1. The quantitative estimate of drug-likeness (QED) is 0.714. The van der Waals surface area contributed by atoms with E-state index in [-0.39, 0.29) is 23.7 Å². The van der Waals surface area contributed by atoms with Gasteiger partial charge in [-0.2, -0.15) is 0 Å². The van der Waals surface area contributed by atoms with Crippen molar-refractivity contribution in [3.05, 3.63) is 101 Å². The number of anilines is 1. The number of fused-ring (bicyclic) bond motifs is 4. The molecule has 1 N–H and O–H groups in total. The van der Waals surface area contributed by atoms with E-state index in [0.717, 1.165) is 17.5 Å². The van der Waals surface area contributed by atoms with Crippen LogP contribution in [-0.4, -0.2) is 23.3 Å². The van der Waals surface area contributed by atoms with E-state index < -0.39 is 5.92 Å². The Balaban J connectivity index is 1.62. The normalized spacial score (nSPS) is 19.8. The van der Waals surface area contributed by atoms with Crippen LogP contribution in [0.4, 0.5) is 10.1 Å². The summed E-state index contributed by atoms with van der Waals surface area (Å²) in [5.74, 6) is -1.14. The van der Waals surface area contributed by atoms with Crippen molar-refractivity contribution in [1.29, 1.82) is 0 Å². The Labute approximate surface area is 168 Å². The fourth-order valence-electron chi connectivity index (χ4n) is 4.51. The largest absolute Gasteiger partial charge is 0.330 e. The highest BCUT2D eigenvalue weighted by Crippen LogP contribution is 2.46. The van der Waals surface area contributed by atoms with E-state index >= 15 is 0 Å². The number of amides is 2. The molecule has 2 aliphatic heterocycles. The highest BCUT2D eigenvalue weighted by atomic mass is 19.1. The Bertz CT molecular complexity index is 1110. The van der Waals surface area contributed by atoms with Crippen molar-refractivity contribution in [2.24, 2.45) is 0 Å². The highest BCUT2D eigenvalue weighted by Gasteiger charge is 2.46. The first-order chi connectivity index (χ1) is 14.1. The van der Waals surface area contributed by atoms with Gasteiger partial charge >= 0.3 is 0 Å². The van der Waals surface area contributed by atoms with Gasteiger partial charge in [-0.3, -0.25) is 9.59 Å². The summed E-state index contributed by atoms with van der Waals surface area (Å²) in [6.45, 7) is 0.579. The molecule has 4 nitrogen and oxygen atoms in total. The molecule has 0 bridgehead atoms. The van der Waals surface area contributed by atoms with Gasteiger partial charge in [0, 0.05) is 17.8 Å². The first-order valence-corrected chi connectivity index (χ1v) is 9.67. The average molecular weight is 386 g/mol. The maximum atomic E-state index is 13.4. The van der Waals surface area contributed by atoms with Crippen LogP contribution in [0.15, 0.2) is 72.8 Å². The number of nitrogens with one attached hydrogen (secondary N) is 1. The lowest BCUT2D eigenvalue weighted by atomic mass is 9.76. The van der Waals surface area contributed by atoms with Gasteiger partial charge in [0.15, 0.2) is 0 Å². The lowest BCUT2D eigenvalue weighted by Gasteiger charge is -2.45. The number of halogens is 1. The minimum Gasteiger partial charge on any atom is -0.330 e. The van der Waals surface area contributed by atoms with E-state index in [1.54, 1.807) is 18.2 Å². The summed E-state index contributed by atoms with van der Waals surface area (Å²) in [5, 5.41) is 2.91. The van der Waals surface area contributed by atoms with Gasteiger partial charge in [-0.05, 0) is 53.4 Å². The molecule has 0 saturated carbocycles. The van der Waals surface area contributed by atoms with Crippen molar-refractivity contribution in [3.8, 4) is 0 Å². The second-order valence-corrected chi connectivity index (χ2v) is 7.45. The van der Waals surface area contributed by atoms with Crippen LogP contribution in [0.3, 0.4) is 0 Å². The zero-order valence-electron chi connectivity index (χ0n) is 15.6. The monoisotopic (exact) mass is 386 g/mol. The third kappa shape index (κ3) is 2.90. The zero-order valence-corrected chi connectivity index (χ0v) is 15.6. The van der Waals surface area contributed by atoms with Crippen LogP contribution in [0.5, 0.6) is 0 Å². The Hall–Kier alpha value is -3.47. The SMILES string of the molecule is O=C(Nc1ccc(F)cc1)C1c2ccccc2C(=O)N2CCc3ccccc3C12.